The molecule has 0 bridgehead atoms. The van der Waals surface area contributed by atoms with Gasteiger partial charge in [0, 0.05) is 5.69 Å². The molecule has 2 rings (SSSR count). The molecule has 17 heavy (non-hydrogen) atoms. The van der Waals surface area contributed by atoms with E-state index in [1.807, 2.05) is 18.2 Å². The molecular weight excluding hydrogens is 212 g/mol. The van der Waals surface area contributed by atoms with Gasteiger partial charge in [0.1, 0.15) is 0 Å². The normalized spacial score (nSPS) is 23.6. The van der Waals surface area contributed by atoms with Gasteiger partial charge in [0.05, 0.1) is 6.04 Å². The van der Waals surface area contributed by atoms with Gasteiger partial charge in [0.15, 0.2) is 0 Å². The van der Waals surface area contributed by atoms with Crippen molar-refractivity contribution >= 4 is 11.6 Å². The van der Waals surface area contributed by atoms with Crippen molar-refractivity contribution in [2.45, 2.75) is 32.7 Å². The summed E-state index contributed by atoms with van der Waals surface area (Å²) < 4.78 is 0. The number of hydrogen-bond acceptors (Lipinski definition) is 2. The Labute approximate surface area is 103 Å². The molecule has 1 saturated heterocycles. The van der Waals surface area contributed by atoms with Crippen molar-refractivity contribution in [3.63, 3.8) is 0 Å². The van der Waals surface area contributed by atoms with Crippen LogP contribution >= 0.6 is 0 Å². The largest absolute Gasteiger partial charge is 0.325 e. The molecule has 0 aromatic heterocycles. The SMILES string of the molecule is CCc1cccc(NC(=O)C2NCCC2C)c1. The molecule has 1 aliphatic heterocycles. The average Bonchev–Trinajstić information content (AvgIpc) is 2.76. The van der Waals surface area contributed by atoms with Crippen molar-refractivity contribution in [3.8, 4) is 0 Å². The summed E-state index contributed by atoms with van der Waals surface area (Å²) in [6.07, 6.45) is 2.06. The molecule has 1 aromatic carbocycles. The Morgan fingerprint density at radius 3 is 3.00 bits per heavy atom. The lowest BCUT2D eigenvalue weighted by atomic mass is 10.0. The van der Waals surface area contributed by atoms with E-state index in [1.165, 1.54) is 5.56 Å². The first-order valence-corrected chi connectivity index (χ1v) is 6.34. The van der Waals surface area contributed by atoms with Crippen LogP contribution in [-0.2, 0) is 11.2 Å². The highest BCUT2D eigenvalue weighted by atomic mass is 16.2. The summed E-state index contributed by atoms with van der Waals surface area (Å²) in [5, 5.41) is 6.23. The van der Waals surface area contributed by atoms with Gasteiger partial charge in [-0.15, -0.1) is 0 Å². The predicted octanol–water partition coefficient (Wildman–Crippen LogP) is 2.19. The number of carbonyl (C=O) groups excluding carboxylic acids is 1. The Bertz CT molecular complexity index is 403. The zero-order chi connectivity index (χ0) is 12.3. The molecule has 3 heteroatoms. The number of anilines is 1. The van der Waals surface area contributed by atoms with E-state index < -0.39 is 0 Å². The van der Waals surface area contributed by atoms with E-state index in [0.29, 0.717) is 5.92 Å². The molecule has 0 saturated carbocycles. The van der Waals surface area contributed by atoms with E-state index in [2.05, 4.69) is 30.5 Å². The Kier molecular flexibility index (Phi) is 3.79. The van der Waals surface area contributed by atoms with Crippen molar-refractivity contribution in [2.75, 3.05) is 11.9 Å². The highest BCUT2D eigenvalue weighted by Crippen LogP contribution is 2.17. The average molecular weight is 232 g/mol. The van der Waals surface area contributed by atoms with Crippen molar-refractivity contribution in [1.29, 1.82) is 0 Å². The van der Waals surface area contributed by atoms with Crippen LogP contribution in [0.25, 0.3) is 0 Å². The Hall–Kier alpha value is -1.35. The monoisotopic (exact) mass is 232 g/mol. The molecule has 0 aliphatic carbocycles. The fraction of sp³-hybridized carbons (Fsp3) is 0.500. The molecule has 1 aliphatic rings. The van der Waals surface area contributed by atoms with E-state index >= 15 is 0 Å². The highest BCUT2D eigenvalue weighted by molar-refractivity contribution is 5.95. The van der Waals surface area contributed by atoms with Gasteiger partial charge in [-0.2, -0.15) is 0 Å². The van der Waals surface area contributed by atoms with Crippen LogP contribution in [0.5, 0.6) is 0 Å². The predicted molar refractivity (Wildman–Crippen MR) is 70.0 cm³/mol. The molecule has 92 valence electrons. The maximum Gasteiger partial charge on any atom is 0.241 e. The van der Waals surface area contributed by atoms with Crippen LogP contribution in [0, 0.1) is 5.92 Å². The summed E-state index contributed by atoms with van der Waals surface area (Å²) in [6, 6.07) is 8.00. The van der Waals surface area contributed by atoms with E-state index in [4.69, 9.17) is 0 Å². The molecule has 2 N–H and O–H groups in total. The second kappa shape index (κ2) is 5.32. The van der Waals surface area contributed by atoms with E-state index in [9.17, 15) is 4.79 Å². The fourth-order valence-corrected chi connectivity index (χ4v) is 2.27. The molecule has 1 aromatic rings. The number of rotatable bonds is 3. The van der Waals surface area contributed by atoms with Crippen molar-refractivity contribution < 1.29 is 4.79 Å². The second-order valence-electron chi connectivity index (χ2n) is 4.74. The van der Waals surface area contributed by atoms with Crippen LogP contribution in [0.15, 0.2) is 24.3 Å². The fourth-order valence-electron chi connectivity index (χ4n) is 2.27. The van der Waals surface area contributed by atoms with Crippen molar-refractivity contribution in [2.24, 2.45) is 5.92 Å². The third kappa shape index (κ3) is 2.86. The van der Waals surface area contributed by atoms with Gasteiger partial charge < -0.3 is 10.6 Å². The van der Waals surface area contributed by atoms with Crippen molar-refractivity contribution in [1.82, 2.24) is 5.32 Å². The number of aryl methyl sites for hydroxylation is 1. The first kappa shape index (κ1) is 12.1. The number of nitrogens with one attached hydrogen (secondary N) is 2. The minimum atomic E-state index is -0.0414. The summed E-state index contributed by atoms with van der Waals surface area (Å²) in [5.74, 6) is 0.507. The zero-order valence-electron chi connectivity index (χ0n) is 10.5. The molecule has 2 unspecified atom stereocenters. The highest BCUT2D eigenvalue weighted by Gasteiger charge is 2.29. The molecule has 0 radical (unpaired) electrons. The van der Waals surface area contributed by atoms with Crippen LogP contribution in [0.2, 0.25) is 0 Å². The lowest BCUT2D eigenvalue weighted by molar-refractivity contribution is -0.118. The maximum absolute atomic E-state index is 12.1. The van der Waals surface area contributed by atoms with Gasteiger partial charge >= 0.3 is 0 Å². The minimum absolute atomic E-state index is 0.0414. The Morgan fingerprint density at radius 1 is 1.53 bits per heavy atom. The number of hydrogen-bond donors (Lipinski definition) is 2. The molecule has 1 heterocycles. The van der Waals surface area contributed by atoms with E-state index in [0.717, 1.165) is 25.1 Å². The van der Waals surface area contributed by atoms with Gasteiger partial charge in [-0.1, -0.05) is 26.0 Å². The third-order valence-corrected chi connectivity index (χ3v) is 3.42. The van der Waals surface area contributed by atoms with Crippen LogP contribution in [0.3, 0.4) is 0 Å². The molecule has 1 fully saturated rings. The Morgan fingerprint density at radius 2 is 2.35 bits per heavy atom. The molecule has 1 amide bonds. The lowest BCUT2D eigenvalue weighted by Gasteiger charge is -2.15. The van der Waals surface area contributed by atoms with Gasteiger partial charge in [-0.25, -0.2) is 0 Å². The van der Waals surface area contributed by atoms with Gasteiger partial charge in [0.2, 0.25) is 5.91 Å². The Balaban J connectivity index is 2.02. The van der Waals surface area contributed by atoms with Crippen LogP contribution in [-0.4, -0.2) is 18.5 Å². The van der Waals surface area contributed by atoms with Crippen molar-refractivity contribution in [3.05, 3.63) is 29.8 Å². The minimum Gasteiger partial charge on any atom is -0.325 e. The van der Waals surface area contributed by atoms with Crippen LogP contribution in [0.1, 0.15) is 25.8 Å². The summed E-state index contributed by atoms with van der Waals surface area (Å²) in [4.78, 5) is 12.1. The smallest absolute Gasteiger partial charge is 0.241 e. The molecular formula is C14H20N2O. The van der Waals surface area contributed by atoms with E-state index in [-0.39, 0.29) is 11.9 Å². The lowest BCUT2D eigenvalue weighted by Crippen LogP contribution is -2.39. The molecule has 2 atom stereocenters. The number of benzene rings is 1. The summed E-state index contributed by atoms with van der Waals surface area (Å²) in [5.41, 5.74) is 2.14. The maximum atomic E-state index is 12.1. The van der Waals surface area contributed by atoms with Crippen LogP contribution < -0.4 is 10.6 Å². The van der Waals surface area contributed by atoms with E-state index in [1.54, 1.807) is 0 Å². The standard InChI is InChI=1S/C14H20N2O/c1-3-11-5-4-6-12(9-11)16-14(17)13-10(2)7-8-15-13/h4-6,9-10,13,15H,3,7-8H2,1-2H3,(H,16,17). The molecule has 0 spiro atoms. The summed E-state index contributed by atoms with van der Waals surface area (Å²) in [6.45, 7) is 5.17. The first-order valence-electron chi connectivity index (χ1n) is 6.34. The summed E-state index contributed by atoms with van der Waals surface area (Å²) in [7, 11) is 0. The first-order chi connectivity index (χ1) is 8.20. The number of carbonyl (C=O) groups is 1. The van der Waals surface area contributed by atoms with Gasteiger partial charge in [0.25, 0.3) is 0 Å². The third-order valence-electron chi connectivity index (χ3n) is 3.42. The second-order valence-corrected chi connectivity index (χ2v) is 4.74. The van der Waals surface area contributed by atoms with Gasteiger partial charge in [-0.3, -0.25) is 4.79 Å². The summed E-state index contributed by atoms with van der Waals surface area (Å²) >= 11 is 0. The number of amides is 1. The zero-order valence-corrected chi connectivity index (χ0v) is 10.5. The topological polar surface area (TPSA) is 41.1 Å². The quantitative estimate of drug-likeness (QED) is 0.838. The van der Waals surface area contributed by atoms with Crippen LogP contribution in [0.4, 0.5) is 5.69 Å². The van der Waals surface area contributed by atoms with Gasteiger partial charge in [-0.05, 0) is 43.0 Å². The molecule has 3 nitrogen and oxygen atoms in total.